The molecule has 6 nitrogen and oxygen atoms in total. The van der Waals surface area contributed by atoms with E-state index >= 15 is 0 Å². The van der Waals surface area contributed by atoms with Gasteiger partial charge >= 0.3 is 0 Å². The molecule has 0 spiro atoms. The molecule has 0 aliphatic rings. The lowest BCUT2D eigenvalue weighted by molar-refractivity contribution is 0.134. The van der Waals surface area contributed by atoms with Gasteiger partial charge in [-0.05, 0) is 38.8 Å². The second-order valence-electron chi connectivity index (χ2n) is 5.75. The zero-order valence-corrected chi connectivity index (χ0v) is 18.3. The van der Waals surface area contributed by atoms with E-state index in [-0.39, 0.29) is 24.0 Å². The van der Waals surface area contributed by atoms with E-state index in [1.807, 2.05) is 27.7 Å². The Hall–Kier alpha value is -1.61. The van der Waals surface area contributed by atoms with Crippen LogP contribution >= 0.6 is 24.0 Å². The molecule has 0 radical (unpaired) electrons. The third-order valence-electron chi connectivity index (χ3n) is 3.74. The monoisotopic (exact) mass is 472 g/mol. The molecule has 2 rings (SSSR count). The molecule has 2 N–H and O–H groups in total. The lowest BCUT2D eigenvalue weighted by atomic mass is 10.1. The van der Waals surface area contributed by atoms with Crippen LogP contribution in [0.5, 0.6) is 0 Å². The number of oxazole rings is 1. The van der Waals surface area contributed by atoms with Crippen LogP contribution in [0.1, 0.15) is 42.3 Å². The largest absolute Gasteiger partial charge is 0.444 e. The summed E-state index contributed by atoms with van der Waals surface area (Å²) < 4.78 is 11.0. The molecule has 1 aromatic heterocycles. The molecule has 1 heterocycles. The first-order chi connectivity index (χ1) is 12.1. The van der Waals surface area contributed by atoms with Crippen molar-refractivity contribution in [2.45, 2.75) is 47.4 Å². The first kappa shape index (κ1) is 22.4. The van der Waals surface area contributed by atoms with Crippen molar-refractivity contribution in [1.82, 2.24) is 15.6 Å². The second-order valence-corrected chi connectivity index (χ2v) is 5.75. The first-order valence-electron chi connectivity index (χ1n) is 8.73. The number of rotatable bonds is 8. The Bertz CT molecular complexity index is 664. The number of nitrogens with one attached hydrogen (secondary N) is 2. The number of aliphatic imine (C=N–C) groups is 1. The number of benzene rings is 1. The van der Waals surface area contributed by atoms with Crippen molar-refractivity contribution in [3.8, 4) is 0 Å². The van der Waals surface area contributed by atoms with Crippen LogP contribution < -0.4 is 10.6 Å². The zero-order chi connectivity index (χ0) is 18.1. The SMILES string of the molecule is CCNC(=NCc1ccc(COCC)cc1)NCc1nc(C)c(C)o1.I. The van der Waals surface area contributed by atoms with E-state index in [0.29, 0.717) is 25.6 Å². The Balaban J connectivity index is 0.00000338. The van der Waals surface area contributed by atoms with Gasteiger partial charge in [-0.2, -0.15) is 0 Å². The Labute approximate surface area is 172 Å². The van der Waals surface area contributed by atoms with Gasteiger partial charge in [0.05, 0.1) is 25.4 Å². The van der Waals surface area contributed by atoms with Gasteiger partial charge in [-0.15, -0.1) is 24.0 Å². The maximum atomic E-state index is 5.58. The van der Waals surface area contributed by atoms with Gasteiger partial charge in [0.15, 0.2) is 5.96 Å². The third-order valence-corrected chi connectivity index (χ3v) is 3.74. The topological polar surface area (TPSA) is 71.7 Å². The van der Waals surface area contributed by atoms with Gasteiger partial charge in [0.25, 0.3) is 0 Å². The molecule has 0 saturated carbocycles. The standard InChI is InChI=1S/C19H28N4O2.HI/c1-5-20-19(22-12-18-23-14(3)15(4)25-18)21-11-16-7-9-17(10-8-16)13-24-6-2;/h7-10H,5-6,11-13H2,1-4H3,(H2,20,21,22);1H. The second kappa shape index (κ2) is 11.9. The Kier molecular flexibility index (Phi) is 10.3. The van der Waals surface area contributed by atoms with Crippen LogP contribution in [0.4, 0.5) is 0 Å². The Morgan fingerprint density at radius 2 is 1.81 bits per heavy atom. The van der Waals surface area contributed by atoms with Gasteiger partial charge in [-0.1, -0.05) is 24.3 Å². The molecule has 26 heavy (non-hydrogen) atoms. The molecule has 0 saturated heterocycles. The van der Waals surface area contributed by atoms with E-state index in [1.54, 1.807) is 0 Å². The average molecular weight is 472 g/mol. The highest BCUT2D eigenvalue weighted by Gasteiger charge is 2.06. The average Bonchev–Trinajstić information content (AvgIpc) is 2.94. The minimum absolute atomic E-state index is 0. The van der Waals surface area contributed by atoms with E-state index in [2.05, 4.69) is 44.9 Å². The van der Waals surface area contributed by atoms with Crippen molar-refractivity contribution in [3.63, 3.8) is 0 Å². The normalized spacial score (nSPS) is 11.2. The summed E-state index contributed by atoms with van der Waals surface area (Å²) in [4.78, 5) is 8.98. The summed E-state index contributed by atoms with van der Waals surface area (Å²) in [5.74, 6) is 2.26. The van der Waals surface area contributed by atoms with E-state index in [9.17, 15) is 0 Å². The molecule has 0 aliphatic heterocycles. The van der Waals surface area contributed by atoms with Crippen molar-refractivity contribution in [2.75, 3.05) is 13.2 Å². The minimum atomic E-state index is 0. The predicted molar refractivity (Wildman–Crippen MR) is 115 cm³/mol. The molecule has 0 bridgehead atoms. The number of aromatic nitrogens is 1. The van der Waals surface area contributed by atoms with Crippen molar-refractivity contribution in [2.24, 2.45) is 4.99 Å². The van der Waals surface area contributed by atoms with Crippen LogP contribution in [0, 0.1) is 13.8 Å². The van der Waals surface area contributed by atoms with Gasteiger partial charge in [0.1, 0.15) is 5.76 Å². The molecule has 144 valence electrons. The summed E-state index contributed by atoms with van der Waals surface area (Å²) in [6.45, 7) is 11.2. The highest BCUT2D eigenvalue weighted by Crippen LogP contribution is 2.08. The van der Waals surface area contributed by atoms with Crippen molar-refractivity contribution >= 4 is 29.9 Å². The molecule has 0 fully saturated rings. The number of nitrogens with zero attached hydrogens (tertiary/aromatic N) is 2. The fourth-order valence-electron chi connectivity index (χ4n) is 2.25. The number of halogens is 1. The van der Waals surface area contributed by atoms with Gasteiger partial charge in [-0.3, -0.25) is 0 Å². The lowest BCUT2D eigenvalue weighted by Gasteiger charge is -2.10. The van der Waals surface area contributed by atoms with Crippen LogP contribution in [0.2, 0.25) is 0 Å². The summed E-state index contributed by atoms with van der Waals surface area (Å²) in [5, 5.41) is 6.48. The van der Waals surface area contributed by atoms with Crippen molar-refractivity contribution in [3.05, 3.63) is 52.7 Å². The summed E-state index contributed by atoms with van der Waals surface area (Å²) >= 11 is 0. The van der Waals surface area contributed by atoms with Gasteiger partial charge in [0.2, 0.25) is 5.89 Å². The molecule has 1 aromatic carbocycles. The zero-order valence-electron chi connectivity index (χ0n) is 16.0. The fourth-order valence-corrected chi connectivity index (χ4v) is 2.25. The van der Waals surface area contributed by atoms with Gasteiger partial charge < -0.3 is 19.8 Å². The molecule has 7 heteroatoms. The maximum absolute atomic E-state index is 5.58. The van der Waals surface area contributed by atoms with E-state index in [0.717, 1.165) is 36.1 Å². The van der Waals surface area contributed by atoms with Crippen LogP contribution in [-0.4, -0.2) is 24.1 Å². The Morgan fingerprint density at radius 3 is 2.38 bits per heavy atom. The smallest absolute Gasteiger partial charge is 0.214 e. The number of aryl methyl sites for hydroxylation is 2. The summed E-state index contributed by atoms with van der Waals surface area (Å²) in [7, 11) is 0. The number of guanidine groups is 1. The molecule has 2 aromatic rings. The van der Waals surface area contributed by atoms with Crippen LogP contribution in [-0.2, 0) is 24.4 Å². The summed E-state index contributed by atoms with van der Waals surface area (Å²) in [6.07, 6.45) is 0. The fraction of sp³-hybridized carbons (Fsp3) is 0.474. The minimum Gasteiger partial charge on any atom is -0.444 e. The van der Waals surface area contributed by atoms with Crippen molar-refractivity contribution in [1.29, 1.82) is 0 Å². The van der Waals surface area contributed by atoms with Crippen LogP contribution in [0.25, 0.3) is 0 Å². The van der Waals surface area contributed by atoms with Gasteiger partial charge in [0, 0.05) is 13.2 Å². The molecule has 0 aliphatic carbocycles. The lowest BCUT2D eigenvalue weighted by Crippen LogP contribution is -2.36. The van der Waals surface area contributed by atoms with Crippen LogP contribution in [0.3, 0.4) is 0 Å². The maximum Gasteiger partial charge on any atom is 0.214 e. The molecular formula is C19H29IN4O2. The van der Waals surface area contributed by atoms with E-state index < -0.39 is 0 Å². The molecule has 0 unspecified atom stereocenters. The first-order valence-corrected chi connectivity index (χ1v) is 8.73. The molecule has 0 atom stereocenters. The quantitative estimate of drug-likeness (QED) is 0.348. The van der Waals surface area contributed by atoms with E-state index in [4.69, 9.17) is 9.15 Å². The highest BCUT2D eigenvalue weighted by molar-refractivity contribution is 14.0. The number of ether oxygens (including phenoxy) is 1. The predicted octanol–water partition coefficient (Wildman–Crippen LogP) is 3.70. The molecular weight excluding hydrogens is 443 g/mol. The summed E-state index contributed by atoms with van der Waals surface area (Å²) in [6, 6.07) is 8.34. The third kappa shape index (κ3) is 7.33. The highest BCUT2D eigenvalue weighted by atomic mass is 127. The number of hydrogen-bond donors (Lipinski definition) is 2. The summed E-state index contributed by atoms with van der Waals surface area (Å²) in [5.41, 5.74) is 3.25. The Morgan fingerprint density at radius 1 is 1.12 bits per heavy atom. The molecule has 0 amide bonds. The number of hydrogen-bond acceptors (Lipinski definition) is 4. The van der Waals surface area contributed by atoms with Gasteiger partial charge in [-0.25, -0.2) is 9.98 Å². The van der Waals surface area contributed by atoms with Crippen LogP contribution in [0.15, 0.2) is 33.7 Å². The van der Waals surface area contributed by atoms with E-state index in [1.165, 1.54) is 5.56 Å². The van der Waals surface area contributed by atoms with Crippen molar-refractivity contribution < 1.29 is 9.15 Å².